The van der Waals surface area contributed by atoms with Crippen LogP contribution in [0.5, 0.6) is 0 Å². The first-order chi connectivity index (χ1) is 8.81. The zero-order valence-electron chi connectivity index (χ0n) is 12.2. The fourth-order valence-corrected chi connectivity index (χ4v) is 4.30. The highest BCUT2D eigenvalue weighted by molar-refractivity contribution is 7.99. The SMILES string of the molecule is CCCN1CCCC(NC2CCC(SC)C2)CC1. The van der Waals surface area contributed by atoms with Crippen LogP contribution in [0.2, 0.25) is 0 Å². The molecular formula is C15H30N2S. The van der Waals surface area contributed by atoms with Crippen molar-refractivity contribution >= 4 is 11.8 Å². The number of thioether (sulfide) groups is 1. The van der Waals surface area contributed by atoms with E-state index in [0.29, 0.717) is 0 Å². The molecule has 2 nitrogen and oxygen atoms in total. The minimum atomic E-state index is 0.789. The summed E-state index contributed by atoms with van der Waals surface area (Å²) >= 11 is 2.06. The highest BCUT2D eigenvalue weighted by atomic mass is 32.2. The summed E-state index contributed by atoms with van der Waals surface area (Å²) in [5, 5.41) is 4.87. The summed E-state index contributed by atoms with van der Waals surface area (Å²) in [5.74, 6) is 0. The van der Waals surface area contributed by atoms with E-state index in [1.165, 1.54) is 64.6 Å². The lowest BCUT2D eigenvalue weighted by Crippen LogP contribution is -2.37. The van der Waals surface area contributed by atoms with E-state index < -0.39 is 0 Å². The highest BCUT2D eigenvalue weighted by Crippen LogP contribution is 2.29. The van der Waals surface area contributed by atoms with Crippen molar-refractivity contribution in [3.8, 4) is 0 Å². The summed E-state index contributed by atoms with van der Waals surface area (Å²) in [6.07, 6.45) is 11.9. The average Bonchev–Trinajstić information content (AvgIpc) is 2.71. The van der Waals surface area contributed by atoms with Crippen molar-refractivity contribution in [3.05, 3.63) is 0 Å². The van der Waals surface area contributed by atoms with Crippen LogP contribution in [-0.2, 0) is 0 Å². The Kier molecular flexibility index (Phi) is 6.33. The van der Waals surface area contributed by atoms with Gasteiger partial charge in [0.2, 0.25) is 0 Å². The van der Waals surface area contributed by atoms with E-state index in [-0.39, 0.29) is 0 Å². The van der Waals surface area contributed by atoms with Gasteiger partial charge in [0.25, 0.3) is 0 Å². The zero-order valence-corrected chi connectivity index (χ0v) is 13.0. The van der Waals surface area contributed by atoms with E-state index in [4.69, 9.17) is 0 Å². The van der Waals surface area contributed by atoms with Crippen LogP contribution in [0.25, 0.3) is 0 Å². The first-order valence-electron chi connectivity index (χ1n) is 7.83. The van der Waals surface area contributed by atoms with Gasteiger partial charge < -0.3 is 10.2 Å². The van der Waals surface area contributed by atoms with E-state index in [9.17, 15) is 0 Å². The standard InChI is InChI=1S/C15H30N2S/c1-3-9-17-10-4-5-13(8-11-17)16-14-6-7-15(12-14)18-2/h13-16H,3-12H2,1-2H3. The Morgan fingerprint density at radius 2 is 2.00 bits per heavy atom. The van der Waals surface area contributed by atoms with Crippen molar-refractivity contribution in [3.63, 3.8) is 0 Å². The molecule has 2 aliphatic rings. The van der Waals surface area contributed by atoms with Crippen molar-refractivity contribution in [1.82, 2.24) is 10.2 Å². The summed E-state index contributed by atoms with van der Waals surface area (Å²) in [6, 6.07) is 1.60. The topological polar surface area (TPSA) is 15.3 Å². The van der Waals surface area contributed by atoms with Gasteiger partial charge in [0, 0.05) is 17.3 Å². The third kappa shape index (κ3) is 4.43. The Bertz CT molecular complexity index is 235. The van der Waals surface area contributed by atoms with Crippen LogP contribution >= 0.6 is 11.8 Å². The third-order valence-electron chi connectivity index (χ3n) is 4.55. The van der Waals surface area contributed by atoms with Gasteiger partial charge in [-0.15, -0.1) is 0 Å². The molecule has 0 aromatic rings. The molecule has 1 saturated heterocycles. The largest absolute Gasteiger partial charge is 0.311 e. The monoisotopic (exact) mass is 270 g/mol. The number of likely N-dealkylation sites (tertiary alicyclic amines) is 1. The third-order valence-corrected chi connectivity index (χ3v) is 5.64. The van der Waals surface area contributed by atoms with Crippen LogP contribution in [0.3, 0.4) is 0 Å². The van der Waals surface area contributed by atoms with Crippen LogP contribution in [0, 0.1) is 0 Å². The predicted octanol–water partition coefficient (Wildman–Crippen LogP) is 3.12. The van der Waals surface area contributed by atoms with Gasteiger partial charge >= 0.3 is 0 Å². The van der Waals surface area contributed by atoms with E-state index in [2.05, 4.69) is 35.2 Å². The molecule has 0 aromatic carbocycles. The minimum absolute atomic E-state index is 0.789. The average molecular weight is 270 g/mol. The number of nitrogens with one attached hydrogen (secondary N) is 1. The molecule has 18 heavy (non-hydrogen) atoms. The first kappa shape index (κ1) is 14.7. The summed E-state index contributed by atoms with van der Waals surface area (Å²) in [4.78, 5) is 2.65. The van der Waals surface area contributed by atoms with Crippen LogP contribution in [0.15, 0.2) is 0 Å². The Morgan fingerprint density at radius 3 is 2.72 bits per heavy atom. The number of hydrogen-bond acceptors (Lipinski definition) is 3. The lowest BCUT2D eigenvalue weighted by molar-refractivity contribution is 0.281. The Balaban J connectivity index is 1.70. The maximum atomic E-state index is 3.94. The van der Waals surface area contributed by atoms with Crippen molar-refractivity contribution < 1.29 is 0 Å². The van der Waals surface area contributed by atoms with Gasteiger partial charge in [0.05, 0.1) is 0 Å². The van der Waals surface area contributed by atoms with Crippen LogP contribution in [-0.4, -0.2) is 48.1 Å². The van der Waals surface area contributed by atoms with E-state index >= 15 is 0 Å². The molecule has 0 amide bonds. The molecule has 0 radical (unpaired) electrons. The van der Waals surface area contributed by atoms with Gasteiger partial charge in [-0.1, -0.05) is 6.92 Å². The second-order valence-electron chi connectivity index (χ2n) is 6.00. The van der Waals surface area contributed by atoms with E-state index in [1.807, 2.05) is 0 Å². The van der Waals surface area contributed by atoms with Crippen molar-refractivity contribution in [2.24, 2.45) is 0 Å². The summed E-state index contributed by atoms with van der Waals surface area (Å²) in [5.41, 5.74) is 0. The highest BCUT2D eigenvalue weighted by Gasteiger charge is 2.26. The van der Waals surface area contributed by atoms with Gasteiger partial charge in [0.15, 0.2) is 0 Å². The van der Waals surface area contributed by atoms with Gasteiger partial charge in [-0.2, -0.15) is 11.8 Å². The molecule has 1 heterocycles. The smallest absolute Gasteiger partial charge is 0.00823 e. The maximum Gasteiger partial charge on any atom is 0.00823 e. The molecule has 0 bridgehead atoms. The number of rotatable bonds is 5. The molecule has 1 N–H and O–H groups in total. The first-order valence-corrected chi connectivity index (χ1v) is 9.11. The van der Waals surface area contributed by atoms with Gasteiger partial charge in [-0.3, -0.25) is 0 Å². The van der Waals surface area contributed by atoms with Crippen molar-refractivity contribution in [2.45, 2.75) is 69.2 Å². The van der Waals surface area contributed by atoms with Crippen molar-refractivity contribution in [2.75, 3.05) is 25.9 Å². The van der Waals surface area contributed by atoms with Gasteiger partial charge in [-0.25, -0.2) is 0 Å². The van der Waals surface area contributed by atoms with E-state index in [1.54, 1.807) is 0 Å². The molecular weight excluding hydrogens is 240 g/mol. The van der Waals surface area contributed by atoms with E-state index in [0.717, 1.165) is 17.3 Å². The van der Waals surface area contributed by atoms with Crippen LogP contribution in [0.4, 0.5) is 0 Å². The molecule has 1 saturated carbocycles. The van der Waals surface area contributed by atoms with Crippen LogP contribution in [0.1, 0.15) is 51.9 Å². The molecule has 0 aromatic heterocycles. The molecule has 3 heteroatoms. The summed E-state index contributed by atoms with van der Waals surface area (Å²) in [7, 11) is 0. The quantitative estimate of drug-likeness (QED) is 0.826. The maximum absolute atomic E-state index is 3.94. The lowest BCUT2D eigenvalue weighted by Gasteiger charge is -2.22. The second kappa shape index (κ2) is 7.76. The Morgan fingerprint density at radius 1 is 1.11 bits per heavy atom. The molecule has 2 fully saturated rings. The predicted molar refractivity (Wildman–Crippen MR) is 82.4 cm³/mol. The molecule has 0 spiro atoms. The number of hydrogen-bond donors (Lipinski definition) is 1. The lowest BCUT2D eigenvalue weighted by atomic mass is 10.1. The van der Waals surface area contributed by atoms with Crippen LogP contribution < -0.4 is 5.32 Å². The minimum Gasteiger partial charge on any atom is -0.311 e. The molecule has 106 valence electrons. The summed E-state index contributed by atoms with van der Waals surface area (Å²) in [6.45, 7) is 6.22. The molecule has 1 aliphatic heterocycles. The molecule has 1 aliphatic carbocycles. The Labute approximate surface area is 117 Å². The van der Waals surface area contributed by atoms with Gasteiger partial charge in [0.1, 0.15) is 0 Å². The van der Waals surface area contributed by atoms with Crippen molar-refractivity contribution in [1.29, 1.82) is 0 Å². The Hall–Kier alpha value is 0.270. The fraction of sp³-hybridized carbons (Fsp3) is 1.00. The van der Waals surface area contributed by atoms with Gasteiger partial charge in [-0.05, 0) is 70.8 Å². The molecule has 3 unspecified atom stereocenters. The normalized spacial score (nSPS) is 34.7. The second-order valence-corrected chi connectivity index (χ2v) is 7.14. The molecule has 2 rings (SSSR count). The zero-order chi connectivity index (χ0) is 12.8. The fourth-order valence-electron chi connectivity index (χ4n) is 3.50. The number of nitrogens with zero attached hydrogens (tertiary/aromatic N) is 1. The summed E-state index contributed by atoms with van der Waals surface area (Å²) < 4.78 is 0. The molecule has 3 atom stereocenters.